The highest BCUT2D eigenvalue weighted by atomic mass is 79.9. The molecule has 0 radical (unpaired) electrons. The minimum Gasteiger partial charge on any atom is -0.453 e. The molecule has 0 N–H and O–H groups in total. The van der Waals surface area contributed by atoms with Crippen molar-refractivity contribution in [3.05, 3.63) is 69.1 Å². The van der Waals surface area contributed by atoms with Crippen LogP contribution in [-0.4, -0.2) is 0 Å². The molecule has 0 spiro atoms. The van der Waals surface area contributed by atoms with E-state index in [0.717, 1.165) is 42.4 Å². The number of ether oxygens (including phenoxy) is 1. The van der Waals surface area contributed by atoms with Crippen LogP contribution in [0.5, 0.6) is 11.5 Å². The zero-order chi connectivity index (χ0) is 16.8. The van der Waals surface area contributed by atoms with Gasteiger partial charge >= 0.3 is 0 Å². The Morgan fingerprint density at radius 2 is 1.50 bits per heavy atom. The first kappa shape index (κ1) is 16.1. The molecule has 0 unspecified atom stereocenters. The van der Waals surface area contributed by atoms with E-state index in [1.54, 1.807) is 0 Å². The standard InChI is InChI=1S/C19H13Br2NOS/c1-11-2-4-12(5-3-11)22-16-7-6-13(24)8-18(16)23-19-10-15(21)14(20)9-17(19)22/h2-10,24H,1H3. The molecule has 5 heteroatoms. The van der Waals surface area contributed by atoms with E-state index in [9.17, 15) is 0 Å². The highest BCUT2D eigenvalue weighted by Gasteiger charge is 2.27. The summed E-state index contributed by atoms with van der Waals surface area (Å²) in [5.41, 5.74) is 4.31. The predicted molar refractivity (Wildman–Crippen MR) is 109 cm³/mol. The number of benzene rings is 3. The Morgan fingerprint density at radius 3 is 2.25 bits per heavy atom. The van der Waals surface area contributed by atoms with E-state index in [-0.39, 0.29) is 0 Å². The molecule has 3 aromatic carbocycles. The molecule has 0 atom stereocenters. The molecule has 0 bridgehead atoms. The first-order chi connectivity index (χ1) is 11.5. The van der Waals surface area contributed by atoms with Crippen LogP contribution >= 0.6 is 44.5 Å². The zero-order valence-electron chi connectivity index (χ0n) is 12.8. The van der Waals surface area contributed by atoms with Gasteiger partial charge in [0, 0.05) is 19.5 Å². The van der Waals surface area contributed by atoms with Gasteiger partial charge in [-0.25, -0.2) is 0 Å². The smallest absolute Gasteiger partial charge is 0.152 e. The van der Waals surface area contributed by atoms with Gasteiger partial charge in [0.05, 0.1) is 11.4 Å². The van der Waals surface area contributed by atoms with Gasteiger partial charge in [-0.2, -0.15) is 0 Å². The van der Waals surface area contributed by atoms with Gasteiger partial charge in [0.2, 0.25) is 0 Å². The second kappa shape index (κ2) is 6.14. The van der Waals surface area contributed by atoms with Gasteiger partial charge in [0.1, 0.15) is 0 Å². The summed E-state index contributed by atoms with van der Waals surface area (Å²) in [7, 11) is 0. The molecule has 0 saturated carbocycles. The van der Waals surface area contributed by atoms with E-state index in [0.29, 0.717) is 0 Å². The number of rotatable bonds is 1. The van der Waals surface area contributed by atoms with Crippen LogP contribution in [0.3, 0.4) is 0 Å². The molecule has 0 fully saturated rings. The molecule has 1 aliphatic heterocycles. The van der Waals surface area contributed by atoms with Crippen molar-refractivity contribution < 1.29 is 4.74 Å². The number of halogens is 2. The Bertz CT molecular complexity index is 941. The Balaban J connectivity index is 1.97. The van der Waals surface area contributed by atoms with Crippen molar-refractivity contribution in [2.75, 3.05) is 4.90 Å². The van der Waals surface area contributed by atoms with E-state index < -0.39 is 0 Å². The van der Waals surface area contributed by atoms with Gasteiger partial charge in [0.15, 0.2) is 11.5 Å². The molecule has 0 saturated heterocycles. The second-order valence-corrected chi connectivity index (χ2v) is 7.88. The van der Waals surface area contributed by atoms with Crippen molar-refractivity contribution in [3.63, 3.8) is 0 Å². The van der Waals surface area contributed by atoms with Crippen LogP contribution in [0.4, 0.5) is 17.1 Å². The Morgan fingerprint density at radius 1 is 0.833 bits per heavy atom. The zero-order valence-corrected chi connectivity index (χ0v) is 16.8. The third kappa shape index (κ3) is 2.75. The van der Waals surface area contributed by atoms with E-state index in [1.807, 2.05) is 24.3 Å². The highest BCUT2D eigenvalue weighted by molar-refractivity contribution is 9.13. The maximum atomic E-state index is 6.13. The van der Waals surface area contributed by atoms with Gasteiger partial charge in [-0.05, 0) is 81.2 Å². The van der Waals surface area contributed by atoms with Crippen molar-refractivity contribution in [1.29, 1.82) is 0 Å². The third-order valence-electron chi connectivity index (χ3n) is 3.94. The van der Waals surface area contributed by atoms with Gasteiger partial charge in [-0.1, -0.05) is 17.7 Å². The number of hydrogen-bond donors (Lipinski definition) is 1. The summed E-state index contributed by atoms with van der Waals surface area (Å²) in [4.78, 5) is 3.08. The molecular formula is C19H13Br2NOS. The molecule has 0 amide bonds. The average molecular weight is 463 g/mol. The lowest BCUT2D eigenvalue weighted by atomic mass is 10.1. The van der Waals surface area contributed by atoms with E-state index >= 15 is 0 Å². The molecule has 3 aromatic rings. The van der Waals surface area contributed by atoms with Crippen molar-refractivity contribution in [2.45, 2.75) is 11.8 Å². The van der Waals surface area contributed by atoms with Gasteiger partial charge in [-0.15, -0.1) is 12.6 Å². The molecule has 4 rings (SSSR count). The topological polar surface area (TPSA) is 12.5 Å². The van der Waals surface area contributed by atoms with E-state index in [2.05, 4.69) is 86.6 Å². The minimum atomic E-state index is 0.796. The van der Waals surface area contributed by atoms with Crippen LogP contribution in [-0.2, 0) is 0 Å². The highest BCUT2D eigenvalue weighted by Crippen LogP contribution is 2.52. The normalized spacial score (nSPS) is 12.4. The lowest BCUT2D eigenvalue weighted by Crippen LogP contribution is -2.16. The lowest BCUT2D eigenvalue weighted by molar-refractivity contribution is 0.475. The maximum absolute atomic E-state index is 6.13. The monoisotopic (exact) mass is 461 g/mol. The van der Waals surface area contributed by atoms with Crippen molar-refractivity contribution in [2.24, 2.45) is 0 Å². The second-order valence-electron chi connectivity index (χ2n) is 5.66. The summed E-state index contributed by atoms with van der Waals surface area (Å²) >= 11 is 11.6. The maximum Gasteiger partial charge on any atom is 0.152 e. The van der Waals surface area contributed by atoms with Crippen LogP contribution < -0.4 is 9.64 Å². The number of nitrogens with zero attached hydrogens (tertiary/aromatic N) is 1. The predicted octanol–water partition coefficient (Wildman–Crippen LogP) is 7.38. The average Bonchev–Trinajstić information content (AvgIpc) is 2.55. The van der Waals surface area contributed by atoms with Crippen molar-refractivity contribution in [3.8, 4) is 11.5 Å². The molecule has 0 aliphatic carbocycles. The Labute approximate surface area is 163 Å². The summed E-state index contributed by atoms with van der Waals surface area (Å²) in [5, 5.41) is 0. The first-order valence-corrected chi connectivity index (χ1v) is 9.43. The van der Waals surface area contributed by atoms with Crippen LogP contribution in [0, 0.1) is 6.92 Å². The van der Waals surface area contributed by atoms with Crippen LogP contribution in [0.25, 0.3) is 0 Å². The van der Waals surface area contributed by atoms with Crippen molar-refractivity contribution in [1.82, 2.24) is 0 Å². The van der Waals surface area contributed by atoms with E-state index in [4.69, 9.17) is 4.74 Å². The van der Waals surface area contributed by atoms with Crippen LogP contribution in [0.15, 0.2) is 68.4 Å². The van der Waals surface area contributed by atoms with Gasteiger partial charge in [-0.3, -0.25) is 0 Å². The summed E-state index contributed by atoms with van der Waals surface area (Å²) in [6.07, 6.45) is 0. The van der Waals surface area contributed by atoms with Crippen molar-refractivity contribution >= 4 is 61.6 Å². The van der Waals surface area contributed by atoms with Crippen LogP contribution in [0.2, 0.25) is 0 Å². The lowest BCUT2D eigenvalue weighted by Gasteiger charge is -2.33. The quantitative estimate of drug-likeness (QED) is 0.296. The number of thiol groups is 1. The fourth-order valence-corrected chi connectivity index (χ4v) is 3.61. The summed E-state index contributed by atoms with van der Waals surface area (Å²) < 4.78 is 8.07. The molecule has 120 valence electrons. The third-order valence-corrected chi connectivity index (χ3v) is 6.06. The number of aryl methyl sites for hydroxylation is 1. The minimum absolute atomic E-state index is 0.796. The molecular weight excluding hydrogens is 450 g/mol. The fraction of sp³-hybridized carbons (Fsp3) is 0.0526. The SMILES string of the molecule is Cc1ccc(N2c3ccc(S)cc3Oc3cc(Br)c(Br)cc32)cc1. The van der Waals surface area contributed by atoms with Gasteiger partial charge < -0.3 is 9.64 Å². The largest absolute Gasteiger partial charge is 0.453 e. The summed E-state index contributed by atoms with van der Waals surface area (Å²) in [6.45, 7) is 2.09. The molecule has 1 aliphatic rings. The molecule has 1 heterocycles. The van der Waals surface area contributed by atoms with E-state index in [1.165, 1.54) is 5.56 Å². The molecule has 2 nitrogen and oxygen atoms in total. The van der Waals surface area contributed by atoms with Crippen LogP contribution in [0.1, 0.15) is 5.56 Å². The number of hydrogen-bond acceptors (Lipinski definition) is 3. The Kier molecular flexibility index (Phi) is 4.11. The molecule has 24 heavy (non-hydrogen) atoms. The number of anilines is 3. The molecule has 0 aromatic heterocycles. The fourth-order valence-electron chi connectivity index (χ4n) is 2.76. The Hall–Kier alpha value is -1.43. The first-order valence-electron chi connectivity index (χ1n) is 7.39. The number of fused-ring (bicyclic) bond motifs is 2. The summed E-state index contributed by atoms with van der Waals surface area (Å²) in [5.74, 6) is 1.60. The van der Waals surface area contributed by atoms with Gasteiger partial charge in [0.25, 0.3) is 0 Å². The summed E-state index contributed by atoms with van der Waals surface area (Å²) in [6, 6.07) is 18.5.